The Kier molecular flexibility index (Phi) is 5.32. The molecule has 0 bridgehead atoms. The summed E-state index contributed by atoms with van der Waals surface area (Å²) < 4.78 is 12.6. The first kappa shape index (κ1) is 12.5. The third kappa shape index (κ3) is 4.77. The van der Waals surface area contributed by atoms with Gasteiger partial charge in [0.15, 0.2) is 5.96 Å². The molecule has 0 amide bonds. The SMILES string of the molecule is CCCCNC(N)=NCc1ccc(F)cc1. The molecule has 0 atom stereocenters. The Labute approximate surface area is 95.6 Å². The van der Waals surface area contributed by atoms with Gasteiger partial charge >= 0.3 is 0 Å². The van der Waals surface area contributed by atoms with Crippen LogP contribution in [0.5, 0.6) is 0 Å². The molecule has 0 saturated heterocycles. The Morgan fingerprint density at radius 3 is 2.69 bits per heavy atom. The topological polar surface area (TPSA) is 50.4 Å². The van der Waals surface area contributed by atoms with E-state index in [2.05, 4.69) is 17.2 Å². The summed E-state index contributed by atoms with van der Waals surface area (Å²) in [5.74, 6) is 0.208. The van der Waals surface area contributed by atoms with Crippen LogP contribution < -0.4 is 11.1 Å². The first-order valence-electron chi connectivity index (χ1n) is 5.50. The van der Waals surface area contributed by atoms with Gasteiger partial charge in [0.05, 0.1) is 6.54 Å². The van der Waals surface area contributed by atoms with Crippen LogP contribution in [0.4, 0.5) is 4.39 Å². The van der Waals surface area contributed by atoms with Crippen LogP contribution in [0, 0.1) is 5.82 Å². The average Bonchev–Trinajstić information content (AvgIpc) is 2.29. The number of nitrogens with one attached hydrogen (secondary N) is 1. The second-order valence-corrected chi connectivity index (χ2v) is 3.61. The first-order chi connectivity index (χ1) is 7.72. The van der Waals surface area contributed by atoms with Gasteiger partial charge in [-0.25, -0.2) is 9.38 Å². The Hall–Kier alpha value is -1.58. The molecule has 16 heavy (non-hydrogen) atoms. The molecule has 0 unspecified atom stereocenters. The number of rotatable bonds is 5. The molecule has 0 aliphatic heterocycles. The zero-order chi connectivity index (χ0) is 11.8. The molecule has 3 nitrogen and oxygen atoms in total. The summed E-state index contributed by atoms with van der Waals surface area (Å²) in [6.45, 7) is 3.44. The van der Waals surface area contributed by atoms with E-state index in [0.29, 0.717) is 12.5 Å². The summed E-state index contributed by atoms with van der Waals surface area (Å²) >= 11 is 0. The van der Waals surface area contributed by atoms with Gasteiger partial charge in [0.1, 0.15) is 5.82 Å². The maximum Gasteiger partial charge on any atom is 0.188 e. The predicted molar refractivity (Wildman–Crippen MR) is 64.6 cm³/mol. The maximum absolute atomic E-state index is 12.6. The van der Waals surface area contributed by atoms with Crippen molar-refractivity contribution in [3.05, 3.63) is 35.6 Å². The number of nitrogens with zero attached hydrogens (tertiary/aromatic N) is 1. The highest BCUT2D eigenvalue weighted by molar-refractivity contribution is 5.77. The maximum atomic E-state index is 12.6. The lowest BCUT2D eigenvalue weighted by atomic mass is 10.2. The number of guanidine groups is 1. The van der Waals surface area contributed by atoms with E-state index >= 15 is 0 Å². The lowest BCUT2D eigenvalue weighted by Crippen LogP contribution is -2.32. The largest absolute Gasteiger partial charge is 0.370 e. The van der Waals surface area contributed by atoms with E-state index in [-0.39, 0.29) is 5.82 Å². The van der Waals surface area contributed by atoms with Gasteiger partial charge < -0.3 is 11.1 Å². The Balaban J connectivity index is 2.37. The van der Waals surface area contributed by atoms with E-state index in [4.69, 9.17) is 5.73 Å². The van der Waals surface area contributed by atoms with Gasteiger partial charge in [0, 0.05) is 6.54 Å². The molecule has 1 aromatic carbocycles. The van der Waals surface area contributed by atoms with Crippen LogP contribution >= 0.6 is 0 Å². The highest BCUT2D eigenvalue weighted by atomic mass is 19.1. The molecule has 0 aromatic heterocycles. The molecular weight excluding hydrogens is 205 g/mol. The summed E-state index contributed by atoms with van der Waals surface area (Å²) in [4.78, 5) is 4.16. The van der Waals surface area contributed by atoms with Crippen molar-refractivity contribution in [2.75, 3.05) is 6.54 Å². The third-order valence-corrected chi connectivity index (χ3v) is 2.18. The minimum atomic E-state index is -0.234. The number of nitrogens with two attached hydrogens (primary N) is 1. The average molecular weight is 223 g/mol. The first-order valence-corrected chi connectivity index (χ1v) is 5.50. The van der Waals surface area contributed by atoms with Crippen LogP contribution in [0.1, 0.15) is 25.3 Å². The van der Waals surface area contributed by atoms with Crippen molar-refractivity contribution in [1.29, 1.82) is 0 Å². The van der Waals surface area contributed by atoms with Gasteiger partial charge in [0.2, 0.25) is 0 Å². The van der Waals surface area contributed by atoms with Gasteiger partial charge in [-0.1, -0.05) is 25.5 Å². The molecule has 1 aromatic rings. The van der Waals surface area contributed by atoms with Crippen LogP contribution in [0.3, 0.4) is 0 Å². The molecule has 0 saturated carbocycles. The van der Waals surface area contributed by atoms with E-state index in [0.717, 1.165) is 24.9 Å². The third-order valence-electron chi connectivity index (χ3n) is 2.18. The molecule has 0 fully saturated rings. The summed E-state index contributed by atoms with van der Waals surface area (Å²) in [7, 11) is 0. The second kappa shape index (κ2) is 6.82. The van der Waals surface area contributed by atoms with E-state index in [1.165, 1.54) is 12.1 Å². The van der Waals surface area contributed by atoms with Crippen molar-refractivity contribution < 1.29 is 4.39 Å². The fraction of sp³-hybridized carbons (Fsp3) is 0.417. The molecule has 0 aliphatic carbocycles. The molecule has 0 aliphatic rings. The lowest BCUT2D eigenvalue weighted by molar-refractivity contribution is 0.627. The van der Waals surface area contributed by atoms with Gasteiger partial charge in [0.25, 0.3) is 0 Å². The van der Waals surface area contributed by atoms with E-state index in [1.54, 1.807) is 12.1 Å². The Morgan fingerprint density at radius 2 is 2.06 bits per heavy atom. The molecule has 0 spiro atoms. The van der Waals surface area contributed by atoms with Crippen molar-refractivity contribution in [1.82, 2.24) is 5.32 Å². The van der Waals surface area contributed by atoms with E-state index in [9.17, 15) is 4.39 Å². The summed E-state index contributed by atoms with van der Waals surface area (Å²) in [6, 6.07) is 6.26. The molecule has 3 N–H and O–H groups in total. The van der Waals surface area contributed by atoms with Crippen LogP contribution in [0.25, 0.3) is 0 Å². The summed E-state index contributed by atoms with van der Waals surface area (Å²) in [6.07, 6.45) is 2.20. The summed E-state index contributed by atoms with van der Waals surface area (Å²) in [5, 5.41) is 3.02. The fourth-order valence-corrected chi connectivity index (χ4v) is 1.22. The normalized spacial score (nSPS) is 11.5. The standard InChI is InChI=1S/C12H18FN3/c1-2-3-8-15-12(14)16-9-10-4-6-11(13)7-5-10/h4-7H,2-3,8-9H2,1H3,(H3,14,15,16). The van der Waals surface area contributed by atoms with Gasteiger partial charge in [-0.3, -0.25) is 0 Å². The highest BCUT2D eigenvalue weighted by Crippen LogP contribution is 2.03. The van der Waals surface area contributed by atoms with Crippen molar-refractivity contribution >= 4 is 5.96 Å². The van der Waals surface area contributed by atoms with Crippen LogP contribution in [0.2, 0.25) is 0 Å². The Morgan fingerprint density at radius 1 is 1.38 bits per heavy atom. The number of hydrogen-bond donors (Lipinski definition) is 2. The molecule has 88 valence electrons. The number of aliphatic imine (C=N–C) groups is 1. The molecule has 0 heterocycles. The minimum Gasteiger partial charge on any atom is -0.370 e. The quantitative estimate of drug-likeness (QED) is 0.456. The van der Waals surface area contributed by atoms with Gasteiger partial charge in [-0.05, 0) is 24.1 Å². The molecular formula is C12H18FN3. The number of unbranched alkanes of at least 4 members (excludes halogenated alkanes) is 1. The highest BCUT2D eigenvalue weighted by Gasteiger charge is 1.94. The monoisotopic (exact) mass is 223 g/mol. The van der Waals surface area contributed by atoms with E-state index < -0.39 is 0 Å². The Bertz CT molecular complexity index is 333. The number of halogens is 1. The molecule has 0 radical (unpaired) electrons. The predicted octanol–water partition coefficient (Wildman–Crippen LogP) is 2.03. The van der Waals surface area contributed by atoms with Crippen molar-refractivity contribution in [3.8, 4) is 0 Å². The van der Waals surface area contributed by atoms with Crippen LogP contribution in [-0.4, -0.2) is 12.5 Å². The lowest BCUT2D eigenvalue weighted by Gasteiger charge is -2.04. The van der Waals surface area contributed by atoms with Gasteiger partial charge in [-0.2, -0.15) is 0 Å². The minimum absolute atomic E-state index is 0.234. The number of hydrogen-bond acceptors (Lipinski definition) is 1. The van der Waals surface area contributed by atoms with E-state index in [1.807, 2.05) is 0 Å². The second-order valence-electron chi connectivity index (χ2n) is 3.61. The molecule has 4 heteroatoms. The van der Waals surface area contributed by atoms with Gasteiger partial charge in [-0.15, -0.1) is 0 Å². The van der Waals surface area contributed by atoms with Crippen LogP contribution in [-0.2, 0) is 6.54 Å². The zero-order valence-corrected chi connectivity index (χ0v) is 9.54. The smallest absolute Gasteiger partial charge is 0.188 e. The molecule has 1 rings (SSSR count). The number of benzene rings is 1. The van der Waals surface area contributed by atoms with Crippen molar-refractivity contribution in [2.24, 2.45) is 10.7 Å². The van der Waals surface area contributed by atoms with Crippen molar-refractivity contribution in [3.63, 3.8) is 0 Å². The fourth-order valence-electron chi connectivity index (χ4n) is 1.22. The summed E-state index contributed by atoms with van der Waals surface area (Å²) in [5.41, 5.74) is 6.60. The zero-order valence-electron chi connectivity index (χ0n) is 9.54. The van der Waals surface area contributed by atoms with Crippen LogP contribution in [0.15, 0.2) is 29.3 Å². The van der Waals surface area contributed by atoms with Crippen molar-refractivity contribution in [2.45, 2.75) is 26.3 Å².